The monoisotopic (exact) mass is 338 g/mol. The molecule has 0 N–H and O–H groups in total. The zero-order chi connectivity index (χ0) is 17.6. The number of para-hydroxylation sites is 2. The predicted molar refractivity (Wildman–Crippen MR) is 79.7 cm³/mol. The van der Waals surface area contributed by atoms with Crippen LogP contribution < -0.4 is 9.80 Å². The van der Waals surface area contributed by atoms with Gasteiger partial charge in [-0.15, -0.1) is 0 Å². The van der Waals surface area contributed by atoms with Crippen molar-refractivity contribution in [1.29, 1.82) is 0 Å². The van der Waals surface area contributed by atoms with E-state index >= 15 is 0 Å². The van der Waals surface area contributed by atoms with Crippen molar-refractivity contribution >= 4 is 23.2 Å². The smallest absolute Gasteiger partial charge is 0.312 e. The fraction of sp³-hybridized carbons (Fsp3) is 0.267. The lowest BCUT2D eigenvalue weighted by atomic mass is 10.1. The summed E-state index contributed by atoms with van der Waals surface area (Å²) >= 11 is 0. The molecular formula is C15H13F3N4O2. The van der Waals surface area contributed by atoms with Crippen molar-refractivity contribution in [2.45, 2.75) is 6.18 Å². The highest BCUT2D eigenvalue weighted by atomic mass is 19.4. The molecule has 0 spiro atoms. The van der Waals surface area contributed by atoms with Gasteiger partial charge in [0.15, 0.2) is 5.69 Å². The van der Waals surface area contributed by atoms with Gasteiger partial charge in [0.05, 0.1) is 11.4 Å². The van der Waals surface area contributed by atoms with Crippen LogP contribution in [0.15, 0.2) is 30.3 Å². The number of nitrogens with zero attached hydrogens (tertiary/aromatic N) is 4. The molecule has 0 radical (unpaired) electrons. The fourth-order valence-corrected chi connectivity index (χ4v) is 2.59. The lowest BCUT2D eigenvalue weighted by molar-refractivity contribution is -0.143. The molecule has 2 amide bonds. The van der Waals surface area contributed by atoms with E-state index in [1.54, 1.807) is 31.3 Å². The average Bonchev–Trinajstić information content (AvgIpc) is 2.92. The topological polar surface area (TPSA) is 58.4 Å². The molecule has 1 aromatic carbocycles. The van der Waals surface area contributed by atoms with Gasteiger partial charge in [0.25, 0.3) is 5.91 Å². The number of carbonyl (C=O) groups excluding carboxylic acids is 2. The molecule has 6 nitrogen and oxygen atoms in total. The summed E-state index contributed by atoms with van der Waals surface area (Å²) in [5.41, 5.74) is -0.436. The van der Waals surface area contributed by atoms with Crippen LogP contribution in [-0.4, -0.2) is 35.2 Å². The van der Waals surface area contributed by atoms with Crippen LogP contribution >= 0.6 is 0 Å². The third kappa shape index (κ3) is 2.51. The van der Waals surface area contributed by atoms with Crippen LogP contribution in [0.1, 0.15) is 16.2 Å². The number of halogens is 3. The number of carbonyl (C=O) groups is 2. The molecule has 0 saturated carbocycles. The normalized spacial score (nSPS) is 14.8. The first kappa shape index (κ1) is 16.0. The lowest BCUT2D eigenvalue weighted by Gasteiger charge is -2.33. The third-order valence-corrected chi connectivity index (χ3v) is 3.84. The Bertz CT molecular complexity index is 828. The first-order valence-electron chi connectivity index (χ1n) is 6.99. The standard InChI is InChI=1S/C15H13F3N4O2/c1-20-10-5-3-4-6-11(10)22(8-13(20)23)14(24)9-7-12(15(16,17)18)21(2)19-9/h3-7H,8H2,1-2H3. The van der Waals surface area contributed by atoms with Crippen LogP contribution in [0, 0.1) is 0 Å². The summed E-state index contributed by atoms with van der Waals surface area (Å²) in [6.45, 7) is -0.260. The number of rotatable bonds is 1. The van der Waals surface area contributed by atoms with Gasteiger partial charge in [0.2, 0.25) is 5.91 Å². The average molecular weight is 338 g/mol. The molecule has 0 atom stereocenters. The lowest BCUT2D eigenvalue weighted by Crippen LogP contribution is -2.46. The number of aromatic nitrogens is 2. The van der Waals surface area contributed by atoms with E-state index in [2.05, 4.69) is 5.10 Å². The number of benzene rings is 1. The second-order valence-corrected chi connectivity index (χ2v) is 5.37. The summed E-state index contributed by atoms with van der Waals surface area (Å²) in [5.74, 6) is -1.09. The Morgan fingerprint density at radius 3 is 2.38 bits per heavy atom. The van der Waals surface area contributed by atoms with Gasteiger partial charge in [-0.3, -0.25) is 19.2 Å². The number of amides is 2. The molecule has 126 valence electrons. The predicted octanol–water partition coefficient (Wildman–Crippen LogP) is 2.06. The van der Waals surface area contributed by atoms with E-state index < -0.39 is 17.8 Å². The van der Waals surface area contributed by atoms with Gasteiger partial charge in [-0.2, -0.15) is 18.3 Å². The maximum atomic E-state index is 12.9. The van der Waals surface area contributed by atoms with E-state index in [1.165, 1.54) is 4.90 Å². The Kier molecular flexibility index (Phi) is 3.58. The summed E-state index contributed by atoms with van der Waals surface area (Å²) in [5, 5.41) is 3.65. The minimum atomic E-state index is -4.61. The van der Waals surface area contributed by atoms with Crippen molar-refractivity contribution in [1.82, 2.24) is 9.78 Å². The Balaban J connectivity index is 2.02. The van der Waals surface area contributed by atoms with Crippen LogP contribution in [0.5, 0.6) is 0 Å². The molecule has 0 aliphatic carbocycles. The van der Waals surface area contributed by atoms with Gasteiger partial charge >= 0.3 is 6.18 Å². The minimum Gasteiger partial charge on any atom is -0.312 e. The van der Waals surface area contributed by atoms with Crippen LogP contribution in [0.25, 0.3) is 0 Å². The first-order chi connectivity index (χ1) is 11.2. The summed E-state index contributed by atoms with van der Waals surface area (Å²) in [6, 6.07) is 7.37. The number of aryl methyl sites for hydroxylation is 1. The van der Waals surface area contributed by atoms with Crippen molar-refractivity contribution in [3.63, 3.8) is 0 Å². The van der Waals surface area contributed by atoms with Crippen molar-refractivity contribution in [3.05, 3.63) is 41.7 Å². The van der Waals surface area contributed by atoms with E-state index in [0.717, 1.165) is 11.9 Å². The van der Waals surface area contributed by atoms with E-state index in [4.69, 9.17) is 0 Å². The van der Waals surface area contributed by atoms with E-state index in [9.17, 15) is 22.8 Å². The second kappa shape index (κ2) is 5.36. The molecular weight excluding hydrogens is 325 g/mol. The number of anilines is 2. The highest BCUT2D eigenvalue weighted by Gasteiger charge is 2.37. The third-order valence-electron chi connectivity index (χ3n) is 3.84. The van der Waals surface area contributed by atoms with Gasteiger partial charge in [-0.1, -0.05) is 12.1 Å². The molecule has 0 bridgehead atoms. The second-order valence-electron chi connectivity index (χ2n) is 5.37. The molecule has 0 fully saturated rings. The molecule has 9 heteroatoms. The molecule has 1 aromatic heterocycles. The maximum absolute atomic E-state index is 12.9. The summed E-state index contributed by atoms with van der Waals surface area (Å²) in [6.07, 6.45) is -4.61. The number of likely N-dealkylation sites (N-methyl/N-ethyl adjacent to an activating group) is 1. The van der Waals surface area contributed by atoms with E-state index in [-0.39, 0.29) is 18.1 Å². The summed E-state index contributed by atoms with van der Waals surface area (Å²) < 4.78 is 39.2. The van der Waals surface area contributed by atoms with E-state index in [0.29, 0.717) is 22.1 Å². The van der Waals surface area contributed by atoms with Crippen LogP contribution in [0.4, 0.5) is 24.5 Å². The van der Waals surface area contributed by atoms with Crippen LogP contribution in [-0.2, 0) is 18.0 Å². The molecule has 24 heavy (non-hydrogen) atoms. The highest BCUT2D eigenvalue weighted by Crippen LogP contribution is 2.34. The Hall–Kier alpha value is -2.84. The van der Waals surface area contributed by atoms with Gasteiger partial charge in [0.1, 0.15) is 12.2 Å². The van der Waals surface area contributed by atoms with Gasteiger partial charge in [0, 0.05) is 20.2 Å². The zero-order valence-corrected chi connectivity index (χ0v) is 12.8. The number of hydrogen-bond donors (Lipinski definition) is 0. The largest absolute Gasteiger partial charge is 0.433 e. The van der Waals surface area contributed by atoms with E-state index in [1.807, 2.05) is 0 Å². The van der Waals surface area contributed by atoms with Gasteiger partial charge in [-0.25, -0.2) is 0 Å². The Morgan fingerprint density at radius 1 is 1.17 bits per heavy atom. The molecule has 2 aromatic rings. The molecule has 1 aliphatic heterocycles. The first-order valence-corrected chi connectivity index (χ1v) is 6.99. The minimum absolute atomic E-state index is 0.260. The van der Waals surface area contributed by atoms with Crippen molar-refractivity contribution in [2.24, 2.45) is 7.05 Å². The highest BCUT2D eigenvalue weighted by molar-refractivity contribution is 6.15. The maximum Gasteiger partial charge on any atom is 0.433 e. The van der Waals surface area contributed by atoms with Crippen LogP contribution in [0.2, 0.25) is 0 Å². The number of fused-ring (bicyclic) bond motifs is 1. The fourth-order valence-electron chi connectivity index (χ4n) is 2.59. The zero-order valence-electron chi connectivity index (χ0n) is 12.8. The van der Waals surface area contributed by atoms with Gasteiger partial charge < -0.3 is 4.90 Å². The summed E-state index contributed by atoms with van der Waals surface area (Å²) in [4.78, 5) is 27.2. The Morgan fingerprint density at radius 2 is 1.79 bits per heavy atom. The van der Waals surface area contributed by atoms with Crippen molar-refractivity contribution in [3.8, 4) is 0 Å². The SMILES string of the molecule is CN1C(=O)CN(C(=O)c2cc(C(F)(F)F)n(C)n2)c2ccccc21. The van der Waals surface area contributed by atoms with Gasteiger partial charge in [-0.05, 0) is 12.1 Å². The number of hydrogen-bond acceptors (Lipinski definition) is 3. The molecule has 2 heterocycles. The Labute approximate surface area is 135 Å². The number of alkyl halides is 3. The quantitative estimate of drug-likeness (QED) is 0.800. The molecule has 1 aliphatic rings. The van der Waals surface area contributed by atoms with Crippen molar-refractivity contribution in [2.75, 3.05) is 23.4 Å². The van der Waals surface area contributed by atoms with Crippen LogP contribution in [0.3, 0.4) is 0 Å². The summed E-state index contributed by atoms with van der Waals surface area (Å²) in [7, 11) is 2.69. The molecule has 0 saturated heterocycles. The molecule has 3 rings (SSSR count). The molecule has 0 unspecified atom stereocenters. The van der Waals surface area contributed by atoms with Crippen molar-refractivity contribution < 1.29 is 22.8 Å².